The highest BCUT2D eigenvalue weighted by atomic mass is 19.4. The number of hydrogen-bond donors (Lipinski definition) is 1. The van der Waals surface area contributed by atoms with Gasteiger partial charge in [-0.25, -0.2) is 23.7 Å². The van der Waals surface area contributed by atoms with Crippen LogP contribution in [0.4, 0.5) is 27.8 Å². The Hall–Kier alpha value is -5.20. The molecule has 4 aliphatic rings. The van der Waals surface area contributed by atoms with Gasteiger partial charge < -0.3 is 19.7 Å². The van der Waals surface area contributed by atoms with Crippen molar-refractivity contribution in [2.45, 2.75) is 81.7 Å². The maximum absolute atomic E-state index is 17.3. The van der Waals surface area contributed by atoms with Crippen LogP contribution in [-0.2, 0) is 12.6 Å². The molecule has 1 N–H and O–H groups in total. The van der Waals surface area contributed by atoms with Gasteiger partial charge in [-0.05, 0) is 62.9 Å². The fourth-order valence-electron chi connectivity index (χ4n) is 9.23. The van der Waals surface area contributed by atoms with Crippen molar-refractivity contribution < 1.29 is 31.4 Å². The maximum Gasteiger partial charge on any atom is 0.433 e. The molecule has 0 radical (unpaired) electrons. The third-order valence-electron chi connectivity index (χ3n) is 12.1. The number of pyridine rings is 1. The lowest BCUT2D eigenvalue weighted by Crippen LogP contribution is -2.56. The van der Waals surface area contributed by atoms with Gasteiger partial charge in [0, 0.05) is 48.2 Å². The number of ether oxygens (including phenoxy) is 2. The first-order valence-corrected chi connectivity index (χ1v) is 19.1. The average molecular weight is 771 g/mol. The lowest BCUT2D eigenvalue weighted by molar-refractivity contribution is -0.141. The fraction of sp³-hybridized carbons (Fsp3) is 0.439. The van der Waals surface area contributed by atoms with E-state index in [4.69, 9.17) is 30.8 Å². The van der Waals surface area contributed by atoms with E-state index in [2.05, 4.69) is 37.9 Å². The molecule has 15 heteroatoms. The minimum absolute atomic E-state index is 0.0328. The van der Waals surface area contributed by atoms with E-state index in [-0.39, 0.29) is 65.5 Å². The van der Waals surface area contributed by atoms with E-state index in [1.165, 1.54) is 6.07 Å². The molecule has 0 unspecified atom stereocenters. The molecule has 0 aliphatic carbocycles. The van der Waals surface area contributed by atoms with Gasteiger partial charge in [0.05, 0.1) is 22.2 Å². The van der Waals surface area contributed by atoms with E-state index in [1.54, 1.807) is 24.3 Å². The number of terminal acetylenes is 1. The van der Waals surface area contributed by atoms with Crippen LogP contribution in [0, 0.1) is 24.0 Å². The normalized spacial score (nSPS) is 23.5. The summed E-state index contributed by atoms with van der Waals surface area (Å²) in [6.45, 7) is 4.66. The number of alkyl halides is 3. The molecular weight excluding hydrogens is 731 g/mol. The summed E-state index contributed by atoms with van der Waals surface area (Å²) in [7, 11) is 0. The minimum Gasteiger partial charge on any atom is -0.476 e. The van der Waals surface area contributed by atoms with Crippen LogP contribution in [0.2, 0.25) is 0 Å². The van der Waals surface area contributed by atoms with Gasteiger partial charge in [-0.3, -0.25) is 4.90 Å². The average Bonchev–Trinajstić information content (AvgIpc) is 3.73. The van der Waals surface area contributed by atoms with E-state index in [0.717, 1.165) is 64.0 Å². The minimum atomic E-state index is -4.61. The van der Waals surface area contributed by atoms with Crippen molar-refractivity contribution in [1.82, 2.24) is 35.1 Å². The van der Waals surface area contributed by atoms with Gasteiger partial charge in [-0.2, -0.15) is 23.1 Å². The summed E-state index contributed by atoms with van der Waals surface area (Å²) < 4.78 is 84.3. The Kier molecular flexibility index (Phi) is 9.16. The summed E-state index contributed by atoms with van der Waals surface area (Å²) in [6, 6.07) is 9.27. The molecule has 3 aromatic heterocycles. The Bertz CT molecular complexity index is 2390. The molecule has 0 amide bonds. The highest BCUT2D eigenvalue weighted by Gasteiger charge is 2.50. The molecule has 0 saturated carbocycles. The highest BCUT2D eigenvalue weighted by Crippen LogP contribution is 2.44. The quantitative estimate of drug-likeness (QED) is 0.133. The Labute approximate surface area is 319 Å². The van der Waals surface area contributed by atoms with Crippen LogP contribution in [0.5, 0.6) is 11.9 Å². The second-order valence-electron chi connectivity index (χ2n) is 15.2. The molecule has 10 nitrogen and oxygen atoms in total. The van der Waals surface area contributed by atoms with Crippen LogP contribution in [0.1, 0.15) is 62.4 Å². The van der Waals surface area contributed by atoms with Crippen LogP contribution in [0.15, 0.2) is 42.7 Å². The number of nitrogens with zero attached hydrogens (tertiary/aromatic N) is 7. The molecule has 3 saturated heterocycles. The van der Waals surface area contributed by atoms with Gasteiger partial charge in [-0.15, -0.1) is 6.42 Å². The Morgan fingerprint density at radius 3 is 2.73 bits per heavy atom. The SMILES string of the molecule is C#Cc1c(F)ccc2cccc(-c3nc4c5c(nc(OC[C@@]67CCCN6[C@H](COc6cc(C(F)(F)F)ncn6)CC7)nc5c3F)N3C[C@@H](CC)NC[C@H]3CC4)c12. The van der Waals surface area contributed by atoms with Crippen molar-refractivity contribution in [3.63, 3.8) is 0 Å². The van der Waals surface area contributed by atoms with Crippen LogP contribution >= 0.6 is 0 Å². The van der Waals surface area contributed by atoms with Crippen molar-refractivity contribution >= 4 is 27.5 Å². The number of anilines is 1. The number of piperazine rings is 1. The predicted molar refractivity (Wildman–Crippen MR) is 199 cm³/mol. The number of halogens is 5. The molecule has 5 aromatic rings. The Balaban J connectivity index is 1.08. The summed E-state index contributed by atoms with van der Waals surface area (Å²) >= 11 is 0. The van der Waals surface area contributed by atoms with Crippen LogP contribution < -0.4 is 19.7 Å². The maximum atomic E-state index is 17.3. The number of benzene rings is 2. The van der Waals surface area contributed by atoms with Crippen molar-refractivity contribution in [3.05, 3.63) is 71.3 Å². The van der Waals surface area contributed by atoms with E-state index < -0.39 is 23.5 Å². The number of aryl methyl sites for hydroxylation is 1. The third-order valence-corrected chi connectivity index (χ3v) is 12.1. The molecule has 56 heavy (non-hydrogen) atoms. The van der Waals surface area contributed by atoms with Crippen LogP contribution in [0.25, 0.3) is 32.9 Å². The molecule has 9 rings (SSSR count). The lowest BCUT2D eigenvalue weighted by Gasteiger charge is -2.40. The molecule has 2 aromatic carbocycles. The van der Waals surface area contributed by atoms with Crippen LogP contribution in [-0.4, -0.2) is 86.3 Å². The first-order chi connectivity index (χ1) is 27.1. The monoisotopic (exact) mass is 770 g/mol. The standard InChI is InChI=1S/C41H39F5N8O2/c1-3-24-19-53-25(18-47-24)10-12-30-34-37(35(43)36(50-30)28-8-5-7-23-9-11-29(42)27(4-2)33(23)28)51-39(52-38(34)53)56-21-40-14-6-16-54(40)26(13-15-40)20-55-32-17-31(41(44,45)46)48-22-49-32/h2,5,7-9,11,17,22,24-26,47H,3,6,10,12-16,18-21H2,1H3/t24-,25-,26+,40+/m1/s1. The Morgan fingerprint density at radius 1 is 1.04 bits per heavy atom. The molecule has 3 fully saturated rings. The first kappa shape index (κ1) is 36.4. The smallest absolute Gasteiger partial charge is 0.433 e. The third kappa shape index (κ3) is 6.23. The van der Waals surface area contributed by atoms with Gasteiger partial charge in [0.15, 0.2) is 11.5 Å². The summed E-state index contributed by atoms with van der Waals surface area (Å²) in [4.78, 5) is 26.5. The molecule has 0 spiro atoms. The second kappa shape index (κ2) is 14.1. The zero-order valence-electron chi connectivity index (χ0n) is 30.7. The number of rotatable bonds is 8. The summed E-state index contributed by atoms with van der Waals surface area (Å²) in [5, 5.41) is 5.24. The molecular formula is C41H39F5N8O2. The van der Waals surface area contributed by atoms with Crippen LogP contribution in [0.3, 0.4) is 0 Å². The summed E-state index contributed by atoms with van der Waals surface area (Å²) in [6.07, 6.45) is 7.47. The number of nitrogens with one attached hydrogen (secondary N) is 1. The van der Waals surface area contributed by atoms with Gasteiger partial charge in [-0.1, -0.05) is 37.1 Å². The van der Waals surface area contributed by atoms with Crippen molar-refractivity contribution in [1.29, 1.82) is 0 Å². The summed E-state index contributed by atoms with van der Waals surface area (Å²) in [5.74, 6) is 1.66. The topological polar surface area (TPSA) is 101 Å². The molecule has 4 atom stereocenters. The fourth-order valence-corrected chi connectivity index (χ4v) is 9.23. The molecule has 290 valence electrons. The largest absolute Gasteiger partial charge is 0.476 e. The van der Waals surface area contributed by atoms with Crippen molar-refractivity contribution in [2.75, 3.05) is 37.7 Å². The van der Waals surface area contributed by atoms with E-state index in [9.17, 15) is 13.2 Å². The van der Waals surface area contributed by atoms with Gasteiger partial charge in [0.1, 0.15) is 42.4 Å². The molecule has 7 heterocycles. The number of hydrogen-bond acceptors (Lipinski definition) is 10. The zero-order chi connectivity index (χ0) is 38.8. The van der Waals surface area contributed by atoms with E-state index in [1.807, 2.05) is 0 Å². The van der Waals surface area contributed by atoms with Gasteiger partial charge in [0.2, 0.25) is 5.88 Å². The second-order valence-corrected chi connectivity index (χ2v) is 15.2. The van der Waals surface area contributed by atoms with Crippen molar-refractivity contribution in [3.8, 4) is 35.5 Å². The summed E-state index contributed by atoms with van der Waals surface area (Å²) in [5.41, 5.74) is -0.273. The van der Waals surface area contributed by atoms with E-state index >= 15 is 8.78 Å². The van der Waals surface area contributed by atoms with Crippen molar-refractivity contribution in [2.24, 2.45) is 0 Å². The highest BCUT2D eigenvalue weighted by molar-refractivity contribution is 6.02. The van der Waals surface area contributed by atoms with Gasteiger partial charge in [0.25, 0.3) is 0 Å². The van der Waals surface area contributed by atoms with Gasteiger partial charge >= 0.3 is 12.2 Å². The predicted octanol–water partition coefficient (Wildman–Crippen LogP) is 6.87. The molecule has 4 aliphatic heterocycles. The Morgan fingerprint density at radius 2 is 1.91 bits per heavy atom. The van der Waals surface area contributed by atoms with E-state index in [0.29, 0.717) is 46.2 Å². The molecule has 0 bridgehead atoms. The zero-order valence-corrected chi connectivity index (χ0v) is 30.7. The first-order valence-electron chi connectivity index (χ1n) is 19.1. The number of fused-ring (bicyclic) bond motifs is 4. The lowest BCUT2D eigenvalue weighted by atomic mass is 9.95. The number of aromatic nitrogens is 5.